The van der Waals surface area contributed by atoms with Crippen molar-refractivity contribution in [3.05, 3.63) is 77.6 Å². The van der Waals surface area contributed by atoms with Crippen LogP contribution in [0.5, 0.6) is 5.75 Å². The second-order valence-corrected chi connectivity index (χ2v) is 13.1. The van der Waals surface area contributed by atoms with Gasteiger partial charge in [0.25, 0.3) is 0 Å². The topological polar surface area (TPSA) is 197 Å². The van der Waals surface area contributed by atoms with Crippen LogP contribution < -0.4 is 26.0 Å². The van der Waals surface area contributed by atoms with E-state index in [0.717, 1.165) is 5.56 Å². The van der Waals surface area contributed by atoms with Gasteiger partial charge < -0.3 is 36.0 Å². The number of ether oxygens (including phenoxy) is 1. The number of nitrogens with one attached hydrogen (secondary N) is 4. The third-order valence-electron chi connectivity index (χ3n) is 9.13. The second kappa shape index (κ2) is 15.9. The summed E-state index contributed by atoms with van der Waals surface area (Å²) in [5.74, 6) is -3.13. The van der Waals surface area contributed by atoms with Gasteiger partial charge in [-0.05, 0) is 43.1 Å². The van der Waals surface area contributed by atoms with Gasteiger partial charge in [-0.15, -0.1) is 5.10 Å². The van der Waals surface area contributed by atoms with Crippen molar-refractivity contribution in [1.82, 2.24) is 41.2 Å². The van der Waals surface area contributed by atoms with E-state index in [-0.39, 0.29) is 44.2 Å². The summed E-state index contributed by atoms with van der Waals surface area (Å²) in [6.45, 7) is 5.47. The number of likely N-dealkylation sites (tertiary alicyclic amines) is 1. The zero-order valence-corrected chi connectivity index (χ0v) is 28.5. The van der Waals surface area contributed by atoms with Crippen LogP contribution in [0, 0.1) is 5.92 Å². The molecule has 2 aromatic carbocycles. The van der Waals surface area contributed by atoms with Gasteiger partial charge in [0, 0.05) is 25.8 Å². The standard InChI is InChI=1S/C35H44N8O7/c1-20(2)30(39-31(44)21(3)36-4)34(47)42-18-25-16-29(42)33(46)37-27(14-22-8-6-5-7-9-22)32(45)38-28(35(48)49)15-23-10-12-26(13-11-23)50-19-24-17-43(25)41-40-24/h5-13,17,20-21,25,27-30,36H,14-16,18-19H2,1-4H3,(H,37,46)(H,38,45)(H,39,44)(H,48,49)/t21-,25-,27-,28?,29-,30-/m0/s1. The molecule has 3 aromatic rings. The molecule has 50 heavy (non-hydrogen) atoms. The van der Waals surface area contributed by atoms with Gasteiger partial charge >= 0.3 is 5.97 Å². The Morgan fingerprint density at radius 2 is 1.74 bits per heavy atom. The Balaban J connectivity index is 1.51. The molecule has 1 fully saturated rings. The van der Waals surface area contributed by atoms with Crippen LogP contribution in [-0.4, -0.2) is 98.4 Å². The number of hydrogen-bond acceptors (Lipinski definition) is 9. The Morgan fingerprint density at radius 3 is 2.40 bits per heavy atom. The Bertz CT molecular complexity index is 1680. The quantitative estimate of drug-likeness (QED) is 0.224. The van der Waals surface area contributed by atoms with E-state index in [1.165, 1.54) is 4.90 Å². The van der Waals surface area contributed by atoms with Gasteiger partial charge in [0.05, 0.1) is 18.3 Å². The fourth-order valence-corrected chi connectivity index (χ4v) is 6.07. The summed E-state index contributed by atoms with van der Waals surface area (Å²) in [4.78, 5) is 68.9. The molecule has 4 amide bonds. The maximum atomic E-state index is 14.2. The van der Waals surface area contributed by atoms with E-state index < -0.39 is 59.9 Å². The van der Waals surface area contributed by atoms with Crippen LogP contribution in [0.4, 0.5) is 0 Å². The molecule has 6 atom stereocenters. The van der Waals surface area contributed by atoms with E-state index in [1.54, 1.807) is 87.2 Å². The first-order valence-corrected chi connectivity index (χ1v) is 16.7. The zero-order chi connectivity index (χ0) is 35.9. The maximum absolute atomic E-state index is 14.2. The third-order valence-corrected chi connectivity index (χ3v) is 9.13. The van der Waals surface area contributed by atoms with Gasteiger partial charge in [0.2, 0.25) is 23.6 Å². The van der Waals surface area contributed by atoms with Crippen LogP contribution in [0.1, 0.15) is 50.1 Å². The molecule has 266 valence electrons. The zero-order valence-electron chi connectivity index (χ0n) is 28.5. The fourth-order valence-electron chi connectivity index (χ4n) is 6.07. The molecule has 15 nitrogen and oxygen atoms in total. The normalized spacial score (nSPS) is 22.3. The summed E-state index contributed by atoms with van der Waals surface area (Å²) in [6, 6.07) is 10.4. The smallest absolute Gasteiger partial charge is 0.326 e. The van der Waals surface area contributed by atoms with Crippen LogP contribution in [0.25, 0.3) is 0 Å². The monoisotopic (exact) mass is 688 g/mol. The van der Waals surface area contributed by atoms with Crippen LogP contribution in [0.2, 0.25) is 0 Å². The van der Waals surface area contributed by atoms with Crippen molar-refractivity contribution in [3.63, 3.8) is 0 Å². The Labute approximate surface area is 290 Å². The van der Waals surface area contributed by atoms with Crippen LogP contribution in [0.15, 0.2) is 60.8 Å². The van der Waals surface area contributed by atoms with E-state index in [4.69, 9.17) is 4.74 Å². The summed E-state index contributed by atoms with van der Waals surface area (Å²) < 4.78 is 7.49. The molecular weight excluding hydrogens is 644 g/mol. The molecule has 3 aliphatic rings. The SMILES string of the molecule is CN[C@@H](C)C(=O)N[C@H](C(=O)N1C[C@@H]2C[C@H]1C(=O)N[C@@H](Cc1ccccc1)C(=O)NC(C(=O)O)Cc1ccc(cc1)OCc1cn2nn1)C(C)C. The van der Waals surface area contributed by atoms with Gasteiger partial charge in [0.1, 0.15) is 42.2 Å². The molecule has 0 spiro atoms. The van der Waals surface area contributed by atoms with Gasteiger partial charge in [-0.1, -0.05) is 61.5 Å². The number of benzene rings is 2. The van der Waals surface area contributed by atoms with Gasteiger partial charge in [-0.3, -0.25) is 19.2 Å². The number of aromatic nitrogens is 3. The van der Waals surface area contributed by atoms with Crippen molar-refractivity contribution in [1.29, 1.82) is 0 Å². The Kier molecular flexibility index (Phi) is 11.5. The van der Waals surface area contributed by atoms with E-state index in [0.29, 0.717) is 17.0 Å². The van der Waals surface area contributed by atoms with Gasteiger partial charge in [-0.2, -0.15) is 0 Å². The molecule has 15 heteroatoms. The van der Waals surface area contributed by atoms with Crippen molar-refractivity contribution < 1.29 is 33.8 Å². The van der Waals surface area contributed by atoms with Crippen LogP contribution in [-0.2, 0) is 43.4 Å². The summed E-state index contributed by atoms with van der Waals surface area (Å²) in [7, 11) is 1.64. The minimum absolute atomic E-state index is 0.0112. The predicted octanol–water partition coefficient (Wildman–Crippen LogP) is 0.601. The molecule has 6 bridgehead atoms. The van der Waals surface area contributed by atoms with Gasteiger partial charge in [0.15, 0.2) is 0 Å². The lowest BCUT2D eigenvalue weighted by Crippen LogP contribution is -2.59. The number of aliphatic carboxylic acids is 1. The van der Waals surface area contributed by atoms with Crippen molar-refractivity contribution in [2.24, 2.45) is 5.92 Å². The highest BCUT2D eigenvalue weighted by atomic mass is 16.5. The van der Waals surface area contributed by atoms with Gasteiger partial charge in [-0.25, -0.2) is 9.48 Å². The number of hydrogen-bond donors (Lipinski definition) is 5. The predicted molar refractivity (Wildman–Crippen MR) is 181 cm³/mol. The number of carboxylic acids is 1. The molecule has 6 rings (SSSR count). The fraction of sp³-hybridized carbons (Fsp3) is 0.457. The maximum Gasteiger partial charge on any atom is 0.326 e. The number of carbonyl (C=O) groups excluding carboxylic acids is 4. The first-order chi connectivity index (χ1) is 23.9. The number of fused-ring (bicyclic) bond motifs is 9. The van der Waals surface area contributed by atoms with Crippen molar-refractivity contribution in [3.8, 4) is 5.75 Å². The number of likely N-dealkylation sites (N-methyl/N-ethyl adjacent to an activating group) is 1. The number of amides is 4. The van der Waals surface area contributed by atoms with E-state index in [9.17, 15) is 29.1 Å². The van der Waals surface area contributed by atoms with Crippen molar-refractivity contribution in [2.45, 2.75) is 82.9 Å². The summed E-state index contributed by atoms with van der Waals surface area (Å²) >= 11 is 0. The molecule has 0 saturated carbocycles. The summed E-state index contributed by atoms with van der Waals surface area (Å²) in [5, 5.41) is 29.7. The van der Waals surface area contributed by atoms with E-state index in [2.05, 4.69) is 31.6 Å². The molecule has 0 radical (unpaired) electrons. The van der Waals surface area contributed by atoms with Crippen molar-refractivity contribution >= 4 is 29.6 Å². The molecule has 1 saturated heterocycles. The van der Waals surface area contributed by atoms with Crippen molar-refractivity contribution in [2.75, 3.05) is 13.6 Å². The molecule has 1 unspecified atom stereocenters. The number of carboxylic acid groups (broad SMARTS) is 1. The molecule has 3 aliphatic heterocycles. The average Bonchev–Trinajstić information content (AvgIpc) is 3.77. The highest BCUT2D eigenvalue weighted by Gasteiger charge is 2.45. The lowest BCUT2D eigenvalue weighted by molar-refractivity contribution is -0.144. The Hall–Kier alpha value is -5.31. The first kappa shape index (κ1) is 36.0. The molecule has 5 N–H and O–H groups in total. The molecule has 4 heterocycles. The van der Waals surface area contributed by atoms with E-state index in [1.807, 2.05) is 6.07 Å². The Morgan fingerprint density at radius 1 is 1.02 bits per heavy atom. The highest BCUT2D eigenvalue weighted by Crippen LogP contribution is 2.29. The second-order valence-electron chi connectivity index (χ2n) is 13.1. The minimum Gasteiger partial charge on any atom is -0.487 e. The van der Waals surface area contributed by atoms with Crippen LogP contribution in [0.3, 0.4) is 0 Å². The number of rotatable bonds is 8. The minimum atomic E-state index is -1.29. The molecule has 1 aromatic heterocycles. The largest absolute Gasteiger partial charge is 0.487 e. The van der Waals surface area contributed by atoms with Crippen LogP contribution >= 0.6 is 0 Å². The summed E-state index contributed by atoms with van der Waals surface area (Å²) in [6.07, 6.45) is 1.91. The average molecular weight is 689 g/mol. The van der Waals surface area contributed by atoms with E-state index >= 15 is 0 Å². The molecule has 0 aliphatic carbocycles. The highest BCUT2D eigenvalue weighted by molar-refractivity contribution is 5.96. The lowest BCUT2D eigenvalue weighted by atomic mass is 10.0. The third kappa shape index (κ3) is 8.64. The molecular formula is C35H44N8O7. The number of carbonyl (C=O) groups is 5. The first-order valence-electron chi connectivity index (χ1n) is 16.7. The lowest BCUT2D eigenvalue weighted by Gasteiger charge is -2.31. The number of nitrogens with zero attached hydrogens (tertiary/aromatic N) is 4. The summed E-state index contributed by atoms with van der Waals surface area (Å²) in [5.41, 5.74) is 1.91.